The van der Waals surface area contributed by atoms with Crippen LogP contribution >= 0.6 is 0 Å². The SMILES string of the molecule is CCCCCCCCCCCCCCCCCC(=O)[O-].CCCCCCCCCCCCCCCC[n+]1ccccc1. The maximum absolute atomic E-state index is 10.2. The number of nitrogens with zero attached hydrogens (tertiary/aromatic N) is 1. The fourth-order valence-corrected chi connectivity index (χ4v) is 5.71. The van der Waals surface area contributed by atoms with Gasteiger partial charge in [-0.1, -0.05) is 187 Å². The Balaban J connectivity index is 0.000000805. The number of carboxylic acid groups (broad SMARTS) is 1. The Morgan fingerprint density at radius 1 is 0.429 bits per heavy atom. The number of unbranched alkanes of at least 4 members (excludes halogenated alkanes) is 27. The third kappa shape index (κ3) is 34.8. The van der Waals surface area contributed by atoms with Gasteiger partial charge in [-0.15, -0.1) is 0 Å². The lowest BCUT2D eigenvalue weighted by atomic mass is 10.0. The zero-order valence-corrected chi connectivity index (χ0v) is 28.6. The van der Waals surface area contributed by atoms with Crippen molar-refractivity contribution in [3.63, 3.8) is 0 Å². The lowest BCUT2D eigenvalue weighted by Crippen LogP contribution is -2.32. The Hall–Kier alpha value is -1.38. The molecule has 0 saturated heterocycles. The van der Waals surface area contributed by atoms with Gasteiger partial charge in [-0.2, -0.15) is 0 Å². The van der Waals surface area contributed by atoms with Gasteiger partial charge in [-0.3, -0.25) is 0 Å². The fraction of sp³-hybridized carbons (Fsp3) is 0.846. The molecule has 0 spiro atoms. The summed E-state index contributed by atoms with van der Waals surface area (Å²) in [5.41, 5.74) is 0. The molecule has 1 aromatic heterocycles. The molecule has 0 saturated carbocycles. The number of aliphatic carboxylic acids is 1. The van der Waals surface area contributed by atoms with Crippen LogP contribution in [0.1, 0.15) is 206 Å². The third-order valence-electron chi connectivity index (χ3n) is 8.53. The molecule has 0 bridgehead atoms. The largest absolute Gasteiger partial charge is 0.550 e. The highest BCUT2D eigenvalue weighted by molar-refractivity contribution is 5.64. The molecular formula is C39H73NO2. The van der Waals surface area contributed by atoms with Gasteiger partial charge in [0.25, 0.3) is 0 Å². The van der Waals surface area contributed by atoms with Crippen LogP contribution in [0.15, 0.2) is 30.6 Å². The molecule has 0 fully saturated rings. The molecule has 1 aromatic rings. The van der Waals surface area contributed by atoms with Crippen molar-refractivity contribution in [2.24, 2.45) is 0 Å². The highest BCUT2D eigenvalue weighted by Crippen LogP contribution is 2.14. The smallest absolute Gasteiger partial charge is 0.168 e. The van der Waals surface area contributed by atoms with Crippen LogP contribution in [0.5, 0.6) is 0 Å². The molecule has 0 radical (unpaired) electrons. The van der Waals surface area contributed by atoms with Crippen molar-refractivity contribution in [2.45, 2.75) is 213 Å². The third-order valence-corrected chi connectivity index (χ3v) is 8.53. The van der Waals surface area contributed by atoms with Crippen LogP contribution in [-0.2, 0) is 11.3 Å². The van der Waals surface area contributed by atoms with Gasteiger partial charge in [0.15, 0.2) is 12.4 Å². The van der Waals surface area contributed by atoms with Crippen molar-refractivity contribution in [3.8, 4) is 0 Å². The van der Waals surface area contributed by atoms with Crippen molar-refractivity contribution >= 4 is 5.97 Å². The molecule has 1 heterocycles. The Labute approximate surface area is 263 Å². The molecule has 0 aliphatic carbocycles. The molecule has 0 amide bonds. The summed E-state index contributed by atoms with van der Waals surface area (Å²) < 4.78 is 2.29. The molecule has 3 nitrogen and oxygen atoms in total. The molecule has 1 rings (SSSR count). The molecule has 0 aliphatic heterocycles. The summed E-state index contributed by atoms with van der Waals surface area (Å²) in [6, 6.07) is 6.31. The monoisotopic (exact) mass is 588 g/mol. The van der Waals surface area contributed by atoms with E-state index in [1.807, 2.05) is 0 Å². The number of carboxylic acids is 1. The molecule has 42 heavy (non-hydrogen) atoms. The average molecular weight is 588 g/mol. The van der Waals surface area contributed by atoms with Crippen molar-refractivity contribution in [2.75, 3.05) is 0 Å². The molecule has 0 unspecified atom stereocenters. The topological polar surface area (TPSA) is 44.0 Å². The van der Waals surface area contributed by atoms with Crippen LogP contribution in [0.4, 0.5) is 0 Å². The van der Waals surface area contributed by atoms with Gasteiger partial charge in [0.2, 0.25) is 0 Å². The van der Waals surface area contributed by atoms with Crippen LogP contribution in [-0.4, -0.2) is 5.97 Å². The van der Waals surface area contributed by atoms with Crippen molar-refractivity contribution in [1.29, 1.82) is 0 Å². The number of carbonyl (C=O) groups excluding carboxylic acids is 1. The molecule has 0 atom stereocenters. The lowest BCUT2D eigenvalue weighted by molar-refractivity contribution is -0.697. The standard InChI is InChI=1S/C21H38N.C18H36O2/c1-2-3-4-5-6-7-8-9-10-11-12-13-14-16-19-22-20-17-15-18-21-22;1-2-3-4-5-6-7-8-9-10-11-12-13-14-15-16-17-18(19)20/h15,17-18,20-21H,2-14,16,19H2,1H3;2-17H2,1H3,(H,19,20)/q+1;/p-1. The first-order valence-corrected chi connectivity index (χ1v) is 18.8. The summed E-state index contributed by atoms with van der Waals surface area (Å²) in [5, 5.41) is 10.2. The van der Waals surface area contributed by atoms with Gasteiger partial charge in [-0.25, -0.2) is 4.57 Å². The van der Waals surface area contributed by atoms with Crippen molar-refractivity contribution in [3.05, 3.63) is 30.6 Å². The molecule has 3 heteroatoms. The van der Waals surface area contributed by atoms with E-state index in [0.29, 0.717) is 0 Å². The van der Waals surface area contributed by atoms with Gasteiger partial charge in [0, 0.05) is 24.5 Å². The van der Waals surface area contributed by atoms with Gasteiger partial charge in [-0.05, 0) is 19.3 Å². The Kier molecular flexibility index (Phi) is 34.6. The predicted molar refractivity (Wildman–Crippen MR) is 182 cm³/mol. The van der Waals surface area contributed by atoms with E-state index in [0.717, 1.165) is 12.8 Å². The average Bonchev–Trinajstić information content (AvgIpc) is 3.00. The van der Waals surface area contributed by atoms with Crippen molar-refractivity contribution < 1.29 is 14.5 Å². The second-order valence-electron chi connectivity index (χ2n) is 12.8. The molecule has 0 aliphatic rings. The van der Waals surface area contributed by atoms with Crippen LogP contribution in [0, 0.1) is 0 Å². The summed E-state index contributed by atoms with van der Waals surface area (Å²) in [6.45, 7) is 5.74. The second kappa shape index (κ2) is 35.8. The predicted octanol–water partition coefficient (Wildman–Crippen LogP) is 11.5. The number of pyridine rings is 1. The van der Waals surface area contributed by atoms with Gasteiger partial charge in [0.1, 0.15) is 6.54 Å². The Morgan fingerprint density at radius 2 is 0.714 bits per heavy atom. The van der Waals surface area contributed by atoms with Gasteiger partial charge in [0.05, 0.1) is 0 Å². The van der Waals surface area contributed by atoms with Crippen LogP contribution in [0.25, 0.3) is 0 Å². The summed E-state index contributed by atoms with van der Waals surface area (Å²) in [5.74, 6) is -0.903. The number of aromatic nitrogens is 1. The summed E-state index contributed by atoms with van der Waals surface area (Å²) in [4.78, 5) is 10.2. The van der Waals surface area contributed by atoms with E-state index in [1.165, 1.54) is 180 Å². The maximum atomic E-state index is 10.2. The minimum Gasteiger partial charge on any atom is -0.550 e. The minimum atomic E-state index is -0.903. The number of hydrogen-bond donors (Lipinski definition) is 0. The minimum absolute atomic E-state index is 0.234. The van der Waals surface area contributed by atoms with E-state index in [1.54, 1.807) is 0 Å². The normalized spacial score (nSPS) is 10.9. The molecular weight excluding hydrogens is 514 g/mol. The molecule has 246 valence electrons. The summed E-state index contributed by atoms with van der Waals surface area (Å²) in [7, 11) is 0. The fourth-order valence-electron chi connectivity index (χ4n) is 5.71. The highest BCUT2D eigenvalue weighted by atomic mass is 16.4. The van der Waals surface area contributed by atoms with E-state index in [-0.39, 0.29) is 6.42 Å². The molecule has 0 N–H and O–H groups in total. The number of rotatable bonds is 31. The summed E-state index contributed by atoms with van der Waals surface area (Å²) in [6.07, 6.45) is 44.3. The number of aryl methyl sites for hydroxylation is 1. The number of carbonyl (C=O) groups is 1. The number of hydrogen-bond acceptors (Lipinski definition) is 2. The van der Waals surface area contributed by atoms with E-state index in [9.17, 15) is 9.90 Å². The Bertz CT molecular complexity index is 633. The lowest BCUT2D eigenvalue weighted by Gasteiger charge is -2.04. The summed E-state index contributed by atoms with van der Waals surface area (Å²) >= 11 is 0. The van der Waals surface area contributed by atoms with E-state index in [4.69, 9.17) is 0 Å². The first kappa shape index (κ1) is 40.6. The van der Waals surface area contributed by atoms with Crippen molar-refractivity contribution in [1.82, 2.24) is 0 Å². The van der Waals surface area contributed by atoms with E-state index >= 15 is 0 Å². The van der Waals surface area contributed by atoms with Crippen LogP contribution < -0.4 is 9.67 Å². The van der Waals surface area contributed by atoms with Gasteiger partial charge < -0.3 is 9.90 Å². The highest BCUT2D eigenvalue weighted by Gasteiger charge is 1.98. The van der Waals surface area contributed by atoms with E-state index in [2.05, 4.69) is 49.0 Å². The van der Waals surface area contributed by atoms with Crippen LogP contribution in [0.3, 0.4) is 0 Å². The van der Waals surface area contributed by atoms with Gasteiger partial charge >= 0.3 is 0 Å². The van der Waals surface area contributed by atoms with E-state index < -0.39 is 5.97 Å². The zero-order chi connectivity index (χ0) is 30.6. The molecule has 0 aromatic carbocycles. The quantitative estimate of drug-likeness (QED) is 0.0640. The second-order valence-corrected chi connectivity index (χ2v) is 12.8. The first-order chi connectivity index (χ1) is 20.7. The first-order valence-electron chi connectivity index (χ1n) is 18.8. The Morgan fingerprint density at radius 3 is 1.02 bits per heavy atom. The maximum Gasteiger partial charge on any atom is 0.168 e. The zero-order valence-electron chi connectivity index (χ0n) is 28.6. The van der Waals surface area contributed by atoms with Crippen LogP contribution in [0.2, 0.25) is 0 Å².